The van der Waals surface area contributed by atoms with E-state index in [1.165, 1.54) is 28.6 Å². The maximum atomic E-state index is 10.2. The molecule has 3 rings (SSSR count). The van der Waals surface area contributed by atoms with Crippen molar-refractivity contribution < 1.29 is 9.84 Å². The van der Waals surface area contributed by atoms with Crippen molar-refractivity contribution in [3.05, 3.63) is 65.7 Å². The van der Waals surface area contributed by atoms with E-state index in [9.17, 15) is 5.11 Å². The Bertz CT molecular complexity index is 886. The molecule has 3 N–H and O–H groups in total. The standard InChI is InChI=1S/C26H36N2O2S/c1-5-7-20-14-18(3)8-10-23(20)21-16-28(13-12-19(4)25(29)6-2)24-15-22(31-27)9-11-26(24)30-17-21/h6,8-11,14-15,19,21,25,29H,2,5,7,12-13,16-17,27H2,1,3-4H3. The van der Waals surface area contributed by atoms with Gasteiger partial charge in [-0.3, -0.25) is 5.14 Å². The molecule has 0 saturated carbocycles. The number of aryl methyl sites for hydroxylation is 2. The van der Waals surface area contributed by atoms with Gasteiger partial charge >= 0.3 is 0 Å². The lowest BCUT2D eigenvalue weighted by Crippen LogP contribution is -2.32. The molecule has 1 heterocycles. The van der Waals surface area contributed by atoms with Crippen molar-refractivity contribution in [3.63, 3.8) is 0 Å². The number of benzene rings is 2. The smallest absolute Gasteiger partial charge is 0.142 e. The maximum Gasteiger partial charge on any atom is 0.142 e. The van der Waals surface area contributed by atoms with E-state index >= 15 is 0 Å². The third kappa shape index (κ3) is 5.85. The molecule has 0 spiro atoms. The van der Waals surface area contributed by atoms with E-state index in [0.717, 1.165) is 48.7 Å². The number of anilines is 1. The minimum absolute atomic E-state index is 0.144. The van der Waals surface area contributed by atoms with Crippen molar-refractivity contribution in [3.8, 4) is 5.75 Å². The summed E-state index contributed by atoms with van der Waals surface area (Å²) >= 11 is 1.26. The first kappa shape index (κ1) is 23.7. The van der Waals surface area contributed by atoms with E-state index in [1.807, 2.05) is 12.1 Å². The minimum atomic E-state index is -0.488. The maximum absolute atomic E-state index is 10.2. The molecule has 168 valence electrons. The van der Waals surface area contributed by atoms with Crippen molar-refractivity contribution in [1.29, 1.82) is 0 Å². The third-order valence-electron chi connectivity index (χ3n) is 6.22. The molecule has 0 aliphatic carbocycles. The molecule has 3 atom stereocenters. The van der Waals surface area contributed by atoms with Gasteiger partial charge in [-0.15, -0.1) is 6.58 Å². The van der Waals surface area contributed by atoms with Crippen LogP contribution in [0.4, 0.5) is 5.69 Å². The lowest BCUT2D eigenvalue weighted by Gasteiger charge is -2.29. The van der Waals surface area contributed by atoms with Gasteiger partial charge in [-0.05, 0) is 67.0 Å². The van der Waals surface area contributed by atoms with Gasteiger partial charge in [0, 0.05) is 23.9 Å². The summed E-state index contributed by atoms with van der Waals surface area (Å²) in [5.74, 6) is 1.33. The molecule has 3 unspecified atom stereocenters. The summed E-state index contributed by atoms with van der Waals surface area (Å²) in [6.45, 7) is 12.6. The number of ether oxygens (including phenoxy) is 1. The fourth-order valence-electron chi connectivity index (χ4n) is 4.33. The second kappa shape index (κ2) is 11.1. The summed E-state index contributed by atoms with van der Waals surface area (Å²) in [6, 6.07) is 13.0. The predicted octanol–water partition coefficient (Wildman–Crippen LogP) is 5.47. The molecular formula is C26H36N2O2S. The number of aliphatic hydroxyl groups is 1. The number of hydrogen-bond donors (Lipinski definition) is 2. The van der Waals surface area contributed by atoms with Crippen LogP contribution >= 0.6 is 11.9 Å². The molecule has 1 aliphatic rings. The average molecular weight is 441 g/mol. The number of nitrogens with two attached hydrogens (primary N) is 1. The molecule has 5 heteroatoms. The molecule has 2 aromatic rings. The topological polar surface area (TPSA) is 58.7 Å². The van der Waals surface area contributed by atoms with Gasteiger partial charge in [0.25, 0.3) is 0 Å². The minimum Gasteiger partial charge on any atom is -0.491 e. The molecule has 1 aliphatic heterocycles. The number of hydrogen-bond acceptors (Lipinski definition) is 5. The largest absolute Gasteiger partial charge is 0.491 e. The highest BCUT2D eigenvalue weighted by Crippen LogP contribution is 2.38. The SMILES string of the molecule is C=CC(O)C(C)CCN1CC(c2ccc(C)cc2CCC)COc2ccc(SN)cc21. The van der Waals surface area contributed by atoms with E-state index in [-0.39, 0.29) is 11.8 Å². The van der Waals surface area contributed by atoms with Gasteiger partial charge in [0.15, 0.2) is 0 Å². The van der Waals surface area contributed by atoms with Gasteiger partial charge in [0.1, 0.15) is 5.75 Å². The molecular weight excluding hydrogens is 404 g/mol. The first-order valence-corrected chi connectivity index (χ1v) is 12.1. The molecule has 31 heavy (non-hydrogen) atoms. The van der Waals surface area contributed by atoms with Gasteiger partial charge < -0.3 is 14.7 Å². The summed E-state index contributed by atoms with van der Waals surface area (Å²) in [7, 11) is 0. The van der Waals surface area contributed by atoms with Crippen molar-refractivity contribution in [2.75, 3.05) is 24.6 Å². The first-order chi connectivity index (χ1) is 15.0. The van der Waals surface area contributed by atoms with Crippen LogP contribution in [0.2, 0.25) is 0 Å². The van der Waals surface area contributed by atoms with E-state index in [1.54, 1.807) is 6.08 Å². The van der Waals surface area contributed by atoms with Gasteiger partial charge in [0.2, 0.25) is 0 Å². The van der Waals surface area contributed by atoms with Crippen molar-refractivity contribution >= 4 is 17.6 Å². The second-order valence-corrected chi connectivity index (χ2v) is 9.35. The zero-order valence-electron chi connectivity index (χ0n) is 19.0. The quantitative estimate of drug-likeness (QED) is 0.400. The highest BCUT2D eigenvalue weighted by Gasteiger charge is 2.27. The van der Waals surface area contributed by atoms with E-state index < -0.39 is 6.10 Å². The van der Waals surface area contributed by atoms with Crippen LogP contribution in [-0.2, 0) is 6.42 Å². The summed E-state index contributed by atoms with van der Waals surface area (Å²) in [4.78, 5) is 3.43. The number of rotatable bonds is 9. The zero-order chi connectivity index (χ0) is 22.4. The zero-order valence-corrected chi connectivity index (χ0v) is 19.8. The second-order valence-electron chi connectivity index (χ2n) is 8.65. The summed E-state index contributed by atoms with van der Waals surface area (Å²) < 4.78 is 6.33. The fraction of sp³-hybridized carbons (Fsp3) is 0.462. The Morgan fingerprint density at radius 1 is 1.32 bits per heavy atom. The van der Waals surface area contributed by atoms with Crippen LogP contribution in [0.25, 0.3) is 0 Å². The predicted molar refractivity (Wildman–Crippen MR) is 132 cm³/mol. The lowest BCUT2D eigenvalue weighted by molar-refractivity contribution is 0.158. The van der Waals surface area contributed by atoms with Crippen LogP contribution in [0.15, 0.2) is 53.9 Å². The molecule has 4 nitrogen and oxygen atoms in total. The Labute approximate surface area is 191 Å². The van der Waals surface area contributed by atoms with Gasteiger partial charge in [-0.25, -0.2) is 0 Å². The number of fused-ring (bicyclic) bond motifs is 1. The fourth-order valence-corrected chi connectivity index (χ4v) is 4.65. The Hall–Kier alpha value is -1.95. The van der Waals surface area contributed by atoms with Gasteiger partial charge in [0.05, 0.1) is 18.4 Å². The Morgan fingerprint density at radius 2 is 2.13 bits per heavy atom. The van der Waals surface area contributed by atoms with Crippen LogP contribution in [0.1, 0.15) is 49.3 Å². The average Bonchev–Trinajstić information content (AvgIpc) is 2.96. The Kier molecular flexibility index (Phi) is 8.47. The molecule has 0 radical (unpaired) electrons. The van der Waals surface area contributed by atoms with E-state index in [4.69, 9.17) is 9.88 Å². The van der Waals surface area contributed by atoms with Crippen LogP contribution in [0.5, 0.6) is 5.75 Å². The monoisotopic (exact) mass is 440 g/mol. The Morgan fingerprint density at radius 3 is 2.84 bits per heavy atom. The highest BCUT2D eigenvalue weighted by atomic mass is 32.2. The van der Waals surface area contributed by atoms with Crippen LogP contribution in [-0.4, -0.2) is 30.9 Å². The molecule has 0 aromatic heterocycles. The van der Waals surface area contributed by atoms with E-state index in [0.29, 0.717) is 6.61 Å². The lowest BCUT2D eigenvalue weighted by atomic mass is 9.90. The molecule has 0 fully saturated rings. The van der Waals surface area contributed by atoms with Crippen molar-refractivity contribution in [2.24, 2.45) is 11.1 Å². The van der Waals surface area contributed by atoms with Gasteiger partial charge in [-0.2, -0.15) is 0 Å². The normalized spacial score (nSPS) is 18.0. The molecule has 0 amide bonds. The first-order valence-electron chi connectivity index (χ1n) is 11.2. The summed E-state index contributed by atoms with van der Waals surface area (Å²) in [6.07, 6.45) is 4.21. The molecule has 2 aromatic carbocycles. The number of nitrogens with zero attached hydrogens (tertiary/aromatic N) is 1. The third-order valence-corrected chi connectivity index (χ3v) is 6.75. The van der Waals surface area contributed by atoms with Crippen LogP contribution in [0.3, 0.4) is 0 Å². The van der Waals surface area contributed by atoms with E-state index in [2.05, 4.69) is 56.5 Å². The number of aliphatic hydroxyl groups excluding tert-OH is 1. The van der Waals surface area contributed by atoms with Crippen LogP contribution in [0, 0.1) is 12.8 Å². The van der Waals surface area contributed by atoms with Gasteiger partial charge in [-0.1, -0.05) is 50.1 Å². The van der Waals surface area contributed by atoms with Crippen LogP contribution < -0.4 is 14.8 Å². The summed E-state index contributed by atoms with van der Waals surface area (Å²) in [5, 5.41) is 16.0. The highest BCUT2D eigenvalue weighted by molar-refractivity contribution is 7.97. The van der Waals surface area contributed by atoms with Crippen molar-refractivity contribution in [1.82, 2.24) is 0 Å². The molecule has 0 saturated heterocycles. The van der Waals surface area contributed by atoms with Crippen molar-refractivity contribution in [2.45, 2.75) is 57.0 Å². The Balaban J connectivity index is 1.92. The summed E-state index contributed by atoms with van der Waals surface area (Å²) in [5.41, 5.74) is 5.20. The molecule has 0 bridgehead atoms.